The van der Waals surface area contributed by atoms with Gasteiger partial charge in [-0.05, 0) is 36.8 Å². The van der Waals surface area contributed by atoms with Crippen molar-refractivity contribution in [1.29, 1.82) is 0 Å². The second-order valence-electron chi connectivity index (χ2n) is 8.33. The highest BCUT2D eigenvalue weighted by Gasteiger charge is 2.38. The summed E-state index contributed by atoms with van der Waals surface area (Å²) in [4.78, 5) is 15.2. The highest BCUT2D eigenvalue weighted by Crippen LogP contribution is 2.34. The Kier molecular flexibility index (Phi) is 7.20. The zero-order chi connectivity index (χ0) is 20.0. The van der Waals surface area contributed by atoms with E-state index in [-0.39, 0.29) is 11.9 Å². The molecule has 0 saturated heterocycles. The quantitative estimate of drug-likeness (QED) is 0.724. The van der Waals surface area contributed by atoms with E-state index in [0.29, 0.717) is 12.3 Å². The van der Waals surface area contributed by atoms with Crippen molar-refractivity contribution in [2.75, 3.05) is 7.05 Å². The SMILES string of the molecule is CC(C)C[C@](C)(Cc1ccccc1)C(=O)N(C)[C@@H](C)[C@@H](O)c1ccccc1. The maximum atomic E-state index is 13.5. The molecule has 0 heterocycles. The third-order valence-electron chi connectivity index (χ3n) is 5.34. The van der Waals surface area contributed by atoms with Gasteiger partial charge in [-0.3, -0.25) is 4.79 Å². The lowest BCUT2D eigenvalue weighted by Gasteiger charge is -2.38. The average Bonchev–Trinajstić information content (AvgIpc) is 2.66. The lowest BCUT2D eigenvalue weighted by Crippen LogP contribution is -2.48. The van der Waals surface area contributed by atoms with Crippen molar-refractivity contribution in [2.45, 2.75) is 52.7 Å². The first-order valence-corrected chi connectivity index (χ1v) is 9.79. The number of aliphatic hydroxyl groups is 1. The molecular formula is C24H33NO2. The Labute approximate surface area is 164 Å². The van der Waals surface area contributed by atoms with Crippen LogP contribution in [0.3, 0.4) is 0 Å². The number of rotatable bonds is 8. The molecule has 2 aromatic rings. The highest BCUT2D eigenvalue weighted by atomic mass is 16.3. The summed E-state index contributed by atoms with van der Waals surface area (Å²) in [5, 5.41) is 10.8. The Balaban J connectivity index is 2.22. The molecule has 0 saturated carbocycles. The van der Waals surface area contributed by atoms with Crippen molar-refractivity contribution in [3.05, 3.63) is 71.8 Å². The lowest BCUT2D eigenvalue weighted by atomic mass is 9.75. The van der Waals surface area contributed by atoms with E-state index < -0.39 is 11.5 Å². The third-order valence-corrected chi connectivity index (χ3v) is 5.34. The fraction of sp³-hybridized carbons (Fsp3) is 0.458. The van der Waals surface area contributed by atoms with Gasteiger partial charge in [0.05, 0.1) is 17.6 Å². The van der Waals surface area contributed by atoms with Gasteiger partial charge in [-0.1, -0.05) is 81.4 Å². The molecule has 3 heteroatoms. The van der Waals surface area contributed by atoms with Crippen molar-refractivity contribution in [1.82, 2.24) is 4.90 Å². The van der Waals surface area contributed by atoms with Crippen LogP contribution in [0.4, 0.5) is 0 Å². The smallest absolute Gasteiger partial charge is 0.228 e. The molecular weight excluding hydrogens is 334 g/mol. The fourth-order valence-corrected chi connectivity index (χ4v) is 3.93. The van der Waals surface area contributed by atoms with Crippen LogP contribution < -0.4 is 0 Å². The number of carbonyl (C=O) groups excluding carboxylic acids is 1. The van der Waals surface area contributed by atoms with Gasteiger partial charge in [0.1, 0.15) is 0 Å². The van der Waals surface area contributed by atoms with Gasteiger partial charge in [0.25, 0.3) is 0 Å². The van der Waals surface area contributed by atoms with E-state index in [1.54, 1.807) is 4.90 Å². The summed E-state index contributed by atoms with van der Waals surface area (Å²) in [6, 6.07) is 19.4. The standard InChI is InChI=1S/C24H33NO2/c1-18(2)16-24(4,17-20-12-8-6-9-13-20)23(27)25(5)19(3)22(26)21-14-10-7-11-15-21/h6-15,18-19,22,26H,16-17H2,1-5H3/t19-,22+,24+/m0/s1. The summed E-state index contributed by atoms with van der Waals surface area (Å²) in [5.74, 6) is 0.493. The van der Waals surface area contributed by atoms with E-state index in [0.717, 1.165) is 12.0 Å². The van der Waals surface area contributed by atoms with Crippen LogP contribution in [0.2, 0.25) is 0 Å². The van der Waals surface area contributed by atoms with Crippen LogP contribution in [-0.2, 0) is 11.2 Å². The molecule has 0 spiro atoms. The zero-order valence-corrected chi connectivity index (χ0v) is 17.2. The van der Waals surface area contributed by atoms with Gasteiger partial charge in [-0.2, -0.15) is 0 Å². The molecule has 0 aliphatic heterocycles. The monoisotopic (exact) mass is 367 g/mol. The average molecular weight is 368 g/mol. The number of carbonyl (C=O) groups is 1. The minimum Gasteiger partial charge on any atom is -0.386 e. The molecule has 1 N–H and O–H groups in total. The molecule has 2 rings (SSSR count). The molecule has 0 aliphatic carbocycles. The minimum atomic E-state index is -0.708. The van der Waals surface area contributed by atoms with E-state index in [4.69, 9.17) is 0 Å². The van der Waals surface area contributed by atoms with Crippen molar-refractivity contribution < 1.29 is 9.90 Å². The second kappa shape index (κ2) is 9.18. The molecule has 0 unspecified atom stereocenters. The number of nitrogens with zero attached hydrogens (tertiary/aromatic N) is 1. The van der Waals surface area contributed by atoms with Gasteiger partial charge < -0.3 is 10.0 Å². The molecule has 1 amide bonds. The number of hydrogen-bond acceptors (Lipinski definition) is 2. The van der Waals surface area contributed by atoms with Crippen molar-refractivity contribution in [3.8, 4) is 0 Å². The largest absolute Gasteiger partial charge is 0.386 e. The summed E-state index contributed by atoms with van der Waals surface area (Å²) in [7, 11) is 1.81. The van der Waals surface area contributed by atoms with Gasteiger partial charge in [0.2, 0.25) is 5.91 Å². The van der Waals surface area contributed by atoms with Crippen LogP contribution in [0, 0.1) is 11.3 Å². The van der Waals surface area contributed by atoms with E-state index >= 15 is 0 Å². The van der Waals surface area contributed by atoms with E-state index in [2.05, 4.69) is 32.9 Å². The van der Waals surface area contributed by atoms with Gasteiger partial charge in [-0.15, -0.1) is 0 Å². The molecule has 0 aliphatic rings. The number of aliphatic hydroxyl groups excluding tert-OH is 1. The van der Waals surface area contributed by atoms with Crippen molar-refractivity contribution >= 4 is 5.91 Å². The molecule has 0 fully saturated rings. The Bertz CT molecular complexity index is 714. The summed E-state index contributed by atoms with van der Waals surface area (Å²) in [6.07, 6.45) is 0.794. The number of amides is 1. The molecule has 0 aromatic heterocycles. The fourth-order valence-electron chi connectivity index (χ4n) is 3.93. The predicted molar refractivity (Wildman–Crippen MR) is 111 cm³/mol. The van der Waals surface area contributed by atoms with Crippen molar-refractivity contribution in [3.63, 3.8) is 0 Å². The molecule has 3 nitrogen and oxygen atoms in total. The maximum Gasteiger partial charge on any atom is 0.228 e. The molecule has 146 valence electrons. The summed E-state index contributed by atoms with van der Waals surface area (Å²) >= 11 is 0. The Morgan fingerprint density at radius 2 is 1.52 bits per heavy atom. The van der Waals surface area contributed by atoms with Crippen LogP contribution >= 0.6 is 0 Å². The summed E-state index contributed by atoms with van der Waals surface area (Å²) < 4.78 is 0. The predicted octanol–water partition coefficient (Wildman–Crippen LogP) is 4.86. The first-order chi connectivity index (χ1) is 12.7. The number of likely N-dealkylation sites (N-methyl/N-ethyl adjacent to an activating group) is 1. The molecule has 2 aromatic carbocycles. The second-order valence-corrected chi connectivity index (χ2v) is 8.33. The lowest BCUT2D eigenvalue weighted by molar-refractivity contribution is -0.145. The normalized spacial score (nSPS) is 15.8. The van der Waals surface area contributed by atoms with E-state index in [9.17, 15) is 9.90 Å². The first-order valence-electron chi connectivity index (χ1n) is 9.79. The van der Waals surface area contributed by atoms with Crippen LogP contribution in [0.5, 0.6) is 0 Å². The van der Waals surface area contributed by atoms with Gasteiger partial charge in [0, 0.05) is 7.05 Å². The zero-order valence-electron chi connectivity index (χ0n) is 17.2. The van der Waals surface area contributed by atoms with Crippen LogP contribution in [0.1, 0.15) is 51.3 Å². The molecule has 0 bridgehead atoms. The number of benzene rings is 2. The van der Waals surface area contributed by atoms with Crippen LogP contribution in [0.15, 0.2) is 60.7 Å². The Morgan fingerprint density at radius 3 is 2.04 bits per heavy atom. The van der Waals surface area contributed by atoms with Gasteiger partial charge in [0.15, 0.2) is 0 Å². The summed E-state index contributed by atoms with van der Waals surface area (Å²) in [5.41, 5.74) is 1.49. The number of hydrogen-bond donors (Lipinski definition) is 1. The third kappa shape index (κ3) is 5.43. The molecule has 27 heavy (non-hydrogen) atoms. The Morgan fingerprint density at radius 1 is 1.00 bits per heavy atom. The first kappa shape index (κ1) is 21.2. The maximum absolute atomic E-state index is 13.5. The van der Waals surface area contributed by atoms with Gasteiger partial charge in [-0.25, -0.2) is 0 Å². The minimum absolute atomic E-state index is 0.0857. The topological polar surface area (TPSA) is 40.5 Å². The van der Waals surface area contributed by atoms with Gasteiger partial charge >= 0.3 is 0 Å². The van der Waals surface area contributed by atoms with E-state index in [1.165, 1.54) is 5.56 Å². The van der Waals surface area contributed by atoms with E-state index in [1.807, 2.05) is 62.5 Å². The van der Waals surface area contributed by atoms with Crippen LogP contribution in [0.25, 0.3) is 0 Å². The van der Waals surface area contributed by atoms with Crippen LogP contribution in [-0.4, -0.2) is 29.0 Å². The van der Waals surface area contributed by atoms with Crippen molar-refractivity contribution in [2.24, 2.45) is 11.3 Å². The highest BCUT2D eigenvalue weighted by molar-refractivity contribution is 5.83. The summed E-state index contributed by atoms with van der Waals surface area (Å²) in [6.45, 7) is 8.27. The Hall–Kier alpha value is -2.13. The molecule has 3 atom stereocenters. The molecule has 0 radical (unpaired) electrons.